The molecule has 1 aromatic carbocycles. The minimum absolute atomic E-state index is 0.0949. The van der Waals surface area contributed by atoms with Gasteiger partial charge in [0, 0.05) is 57.7 Å². The maximum absolute atomic E-state index is 13.3. The molecule has 2 aliphatic rings. The quantitative estimate of drug-likeness (QED) is 0.728. The number of ether oxygens (including phenoxy) is 2. The predicted octanol–water partition coefficient (Wildman–Crippen LogP) is 1.97. The van der Waals surface area contributed by atoms with Crippen LogP contribution in [0.1, 0.15) is 12.1 Å². The molecule has 4 rings (SSSR count). The first kappa shape index (κ1) is 21.8. The van der Waals surface area contributed by atoms with Crippen LogP contribution in [0.4, 0.5) is 4.39 Å². The van der Waals surface area contributed by atoms with Crippen molar-refractivity contribution in [3.8, 4) is 5.75 Å². The van der Waals surface area contributed by atoms with Gasteiger partial charge in [-0.15, -0.1) is 0 Å². The molecule has 8 heteroatoms. The van der Waals surface area contributed by atoms with Crippen LogP contribution in [0.3, 0.4) is 0 Å². The third kappa shape index (κ3) is 5.84. The molecule has 1 atom stereocenters. The molecular weight excluding hydrogens is 399 g/mol. The van der Waals surface area contributed by atoms with E-state index in [0.717, 1.165) is 45.0 Å². The highest BCUT2D eigenvalue weighted by molar-refractivity contribution is 5.77. The minimum atomic E-state index is -0.750. The maximum Gasteiger partial charge on any atom is 0.225 e. The van der Waals surface area contributed by atoms with Gasteiger partial charge < -0.3 is 24.3 Å². The molecule has 0 saturated carbocycles. The number of aromatic amines is 1. The van der Waals surface area contributed by atoms with Gasteiger partial charge in [0.2, 0.25) is 5.91 Å². The number of hydrogen-bond acceptors (Lipinski definition) is 5. The SMILES string of the molecule is CN1CCN(C(=O)CC2(COc3ccc(F)cc3)CN(Cc3ccc[nH]3)CCO2)CC1. The lowest BCUT2D eigenvalue weighted by Gasteiger charge is -2.43. The molecule has 7 nitrogen and oxygen atoms in total. The molecule has 2 aliphatic heterocycles. The molecule has 168 valence electrons. The number of morpholine rings is 1. The van der Waals surface area contributed by atoms with Crippen molar-refractivity contribution in [2.75, 3.05) is 59.5 Å². The lowest BCUT2D eigenvalue weighted by Crippen LogP contribution is -2.58. The molecule has 2 fully saturated rings. The normalized spacial score (nSPS) is 23.1. The van der Waals surface area contributed by atoms with Crippen molar-refractivity contribution in [2.24, 2.45) is 0 Å². The highest BCUT2D eigenvalue weighted by Gasteiger charge is 2.41. The number of benzene rings is 1. The van der Waals surface area contributed by atoms with Crippen LogP contribution in [-0.2, 0) is 16.1 Å². The number of carbonyl (C=O) groups is 1. The highest BCUT2D eigenvalue weighted by Crippen LogP contribution is 2.26. The van der Waals surface area contributed by atoms with E-state index in [1.54, 1.807) is 12.1 Å². The second-order valence-corrected chi connectivity index (χ2v) is 8.54. The zero-order valence-electron chi connectivity index (χ0n) is 18.1. The number of rotatable bonds is 7. The number of carbonyl (C=O) groups excluding carboxylic acids is 1. The first-order valence-electron chi connectivity index (χ1n) is 10.8. The number of aromatic nitrogens is 1. The number of H-pyrrole nitrogens is 1. The van der Waals surface area contributed by atoms with Crippen molar-refractivity contribution in [2.45, 2.75) is 18.6 Å². The fraction of sp³-hybridized carbons (Fsp3) is 0.522. The van der Waals surface area contributed by atoms with E-state index < -0.39 is 5.60 Å². The number of hydrogen-bond donors (Lipinski definition) is 1. The summed E-state index contributed by atoms with van der Waals surface area (Å²) in [5, 5.41) is 0. The van der Waals surface area contributed by atoms with Gasteiger partial charge >= 0.3 is 0 Å². The van der Waals surface area contributed by atoms with Gasteiger partial charge in [-0.05, 0) is 43.4 Å². The van der Waals surface area contributed by atoms with Crippen LogP contribution in [0.25, 0.3) is 0 Å². The molecule has 0 aliphatic carbocycles. The van der Waals surface area contributed by atoms with Crippen LogP contribution >= 0.6 is 0 Å². The zero-order valence-corrected chi connectivity index (χ0v) is 18.1. The van der Waals surface area contributed by atoms with Crippen LogP contribution in [0.15, 0.2) is 42.6 Å². The molecule has 0 bridgehead atoms. The molecule has 0 spiro atoms. The highest BCUT2D eigenvalue weighted by atomic mass is 19.1. The van der Waals surface area contributed by atoms with Gasteiger partial charge in [-0.2, -0.15) is 0 Å². The second-order valence-electron chi connectivity index (χ2n) is 8.54. The average Bonchev–Trinajstić information content (AvgIpc) is 3.27. The van der Waals surface area contributed by atoms with E-state index in [2.05, 4.69) is 27.9 Å². The summed E-state index contributed by atoms with van der Waals surface area (Å²) in [7, 11) is 2.07. The van der Waals surface area contributed by atoms with Gasteiger partial charge in [0.1, 0.15) is 23.8 Å². The number of nitrogens with one attached hydrogen (secondary N) is 1. The fourth-order valence-electron chi connectivity index (χ4n) is 4.20. The summed E-state index contributed by atoms with van der Waals surface area (Å²) in [6.07, 6.45) is 2.18. The van der Waals surface area contributed by atoms with E-state index in [1.807, 2.05) is 17.2 Å². The smallest absolute Gasteiger partial charge is 0.225 e. The van der Waals surface area contributed by atoms with E-state index in [9.17, 15) is 9.18 Å². The molecule has 1 unspecified atom stereocenters. The molecule has 31 heavy (non-hydrogen) atoms. The fourth-order valence-corrected chi connectivity index (χ4v) is 4.20. The Morgan fingerprint density at radius 1 is 1.16 bits per heavy atom. The van der Waals surface area contributed by atoms with E-state index in [4.69, 9.17) is 9.47 Å². The van der Waals surface area contributed by atoms with E-state index in [-0.39, 0.29) is 24.8 Å². The Bertz CT molecular complexity index is 837. The third-order valence-corrected chi connectivity index (χ3v) is 6.03. The lowest BCUT2D eigenvalue weighted by molar-refractivity contribution is -0.158. The topological polar surface area (TPSA) is 61.0 Å². The summed E-state index contributed by atoms with van der Waals surface area (Å²) in [4.78, 5) is 22.8. The Hall–Kier alpha value is -2.42. The van der Waals surface area contributed by atoms with Crippen molar-refractivity contribution >= 4 is 5.91 Å². The minimum Gasteiger partial charge on any atom is -0.491 e. The molecule has 2 saturated heterocycles. The van der Waals surface area contributed by atoms with Crippen molar-refractivity contribution in [3.05, 3.63) is 54.1 Å². The summed E-state index contributed by atoms with van der Waals surface area (Å²) in [6.45, 7) is 6.13. The molecule has 3 heterocycles. The van der Waals surface area contributed by atoms with E-state index in [0.29, 0.717) is 18.9 Å². The number of halogens is 1. The predicted molar refractivity (Wildman–Crippen MR) is 115 cm³/mol. The van der Waals surface area contributed by atoms with Crippen LogP contribution in [-0.4, -0.2) is 90.7 Å². The Morgan fingerprint density at radius 2 is 1.94 bits per heavy atom. The number of likely N-dealkylation sites (N-methyl/N-ethyl adjacent to an activating group) is 1. The molecular formula is C23H31FN4O3. The Balaban J connectivity index is 1.46. The Morgan fingerprint density at radius 3 is 2.65 bits per heavy atom. The van der Waals surface area contributed by atoms with E-state index >= 15 is 0 Å². The van der Waals surface area contributed by atoms with Gasteiger partial charge in [0.05, 0.1) is 13.0 Å². The van der Waals surface area contributed by atoms with Gasteiger partial charge in [-0.1, -0.05) is 0 Å². The molecule has 0 radical (unpaired) electrons. The maximum atomic E-state index is 13.3. The Labute approximate surface area is 182 Å². The number of nitrogens with zero attached hydrogens (tertiary/aromatic N) is 3. The third-order valence-electron chi connectivity index (χ3n) is 6.03. The van der Waals surface area contributed by atoms with Gasteiger partial charge in [0.25, 0.3) is 0 Å². The van der Waals surface area contributed by atoms with Crippen LogP contribution in [0.5, 0.6) is 5.75 Å². The van der Waals surface area contributed by atoms with Gasteiger partial charge in [-0.25, -0.2) is 4.39 Å². The van der Waals surface area contributed by atoms with Crippen molar-refractivity contribution in [1.29, 1.82) is 0 Å². The monoisotopic (exact) mass is 430 g/mol. The van der Waals surface area contributed by atoms with Crippen molar-refractivity contribution < 1.29 is 18.7 Å². The average molecular weight is 431 g/mol. The summed E-state index contributed by atoms with van der Waals surface area (Å²) in [5.41, 5.74) is 0.375. The molecule has 2 aromatic rings. The summed E-state index contributed by atoms with van der Waals surface area (Å²) < 4.78 is 25.5. The first-order chi connectivity index (χ1) is 15.0. The number of amides is 1. The summed E-state index contributed by atoms with van der Waals surface area (Å²) in [6, 6.07) is 9.99. The van der Waals surface area contributed by atoms with Crippen LogP contribution in [0, 0.1) is 5.82 Å². The standard InChI is InChI=1S/C23H31FN4O3/c1-26-9-11-28(12-10-26)22(29)15-23(18-30-21-6-4-19(24)5-7-21)17-27(13-14-31-23)16-20-3-2-8-25-20/h2-8,25H,9-18H2,1H3. The second kappa shape index (κ2) is 9.80. The lowest BCUT2D eigenvalue weighted by atomic mass is 9.96. The summed E-state index contributed by atoms with van der Waals surface area (Å²) in [5.74, 6) is 0.355. The van der Waals surface area contributed by atoms with Crippen molar-refractivity contribution in [3.63, 3.8) is 0 Å². The zero-order chi connectivity index (χ0) is 21.7. The largest absolute Gasteiger partial charge is 0.491 e. The van der Waals surface area contributed by atoms with Crippen LogP contribution in [0.2, 0.25) is 0 Å². The van der Waals surface area contributed by atoms with E-state index in [1.165, 1.54) is 12.1 Å². The molecule has 1 N–H and O–H groups in total. The molecule has 1 aromatic heterocycles. The molecule has 1 amide bonds. The van der Waals surface area contributed by atoms with Gasteiger partial charge in [0.15, 0.2) is 0 Å². The van der Waals surface area contributed by atoms with Crippen molar-refractivity contribution in [1.82, 2.24) is 19.7 Å². The Kier molecular flexibility index (Phi) is 6.89. The van der Waals surface area contributed by atoms with Gasteiger partial charge in [-0.3, -0.25) is 9.69 Å². The summed E-state index contributed by atoms with van der Waals surface area (Å²) >= 11 is 0. The van der Waals surface area contributed by atoms with Crippen LogP contribution < -0.4 is 4.74 Å². The first-order valence-corrected chi connectivity index (χ1v) is 10.8. The number of piperazine rings is 1.